The van der Waals surface area contributed by atoms with Crippen LogP contribution in [0.1, 0.15) is 22.6 Å². The number of furan rings is 1. The zero-order valence-corrected chi connectivity index (χ0v) is 18.0. The summed E-state index contributed by atoms with van der Waals surface area (Å²) < 4.78 is 11.6. The predicted molar refractivity (Wildman–Crippen MR) is 122 cm³/mol. The van der Waals surface area contributed by atoms with E-state index < -0.39 is 0 Å². The fraction of sp³-hybridized carbons (Fsp3) is 0.130. The van der Waals surface area contributed by atoms with Gasteiger partial charge >= 0.3 is 0 Å². The Morgan fingerprint density at radius 3 is 2.53 bits per heavy atom. The molecule has 1 saturated heterocycles. The summed E-state index contributed by atoms with van der Waals surface area (Å²) in [6.45, 7) is 4.14. The molecule has 0 aliphatic carbocycles. The molecule has 1 aliphatic heterocycles. The lowest BCUT2D eigenvalue weighted by molar-refractivity contribution is -0.113. The van der Waals surface area contributed by atoms with Crippen LogP contribution in [0.5, 0.6) is 5.75 Å². The molecule has 0 unspecified atom stereocenters. The maximum atomic E-state index is 12.8. The van der Waals surface area contributed by atoms with Gasteiger partial charge in [0.05, 0.1) is 5.69 Å². The number of benzene rings is 2. The fourth-order valence-electron chi connectivity index (χ4n) is 3.18. The van der Waals surface area contributed by atoms with Crippen LogP contribution in [0.15, 0.2) is 64.7 Å². The molecular formula is C23H19ClN2O3S. The lowest BCUT2D eigenvalue weighted by Crippen LogP contribution is -2.30. The number of carbonyl (C=O) groups excluding carboxylic acids is 1. The van der Waals surface area contributed by atoms with E-state index in [-0.39, 0.29) is 12.5 Å². The first-order valence-corrected chi connectivity index (χ1v) is 10.1. The molecule has 1 N–H and O–H groups in total. The summed E-state index contributed by atoms with van der Waals surface area (Å²) in [7, 11) is 0. The number of aryl methyl sites for hydroxylation is 2. The minimum atomic E-state index is -0.229. The number of hydrogen-bond acceptors (Lipinski definition) is 4. The third-order valence-corrected chi connectivity index (χ3v) is 5.53. The Labute approximate surface area is 184 Å². The smallest absolute Gasteiger partial charge is 0.281 e. The van der Waals surface area contributed by atoms with Crippen molar-refractivity contribution in [1.82, 2.24) is 5.32 Å². The van der Waals surface area contributed by atoms with E-state index in [0.29, 0.717) is 28.0 Å². The van der Waals surface area contributed by atoms with Crippen molar-refractivity contribution < 1.29 is 13.9 Å². The third-order valence-electron chi connectivity index (χ3n) is 4.65. The lowest BCUT2D eigenvalue weighted by atomic mass is 10.1. The quantitative estimate of drug-likeness (QED) is 0.427. The van der Waals surface area contributed by atoms with Gasteiger partial charge in [-0.05, 0) is 73.6 Å². The standard InChI is InChI=1S/C23H19ClN2O3S/c1-14-10-19(11-15(2)21(14)24)28-13-18-9-8-17(29-18)12-20-22(27)26(23(30)25-20)16-6-4-3-5-7-16/h3-12H,13H2,1-2H3,(H,25,30)/b20-12+. The van der Waals surface area contributed by atoms with Crippen molar-refractivity contribution >= 4 is 46.6 Å². The molecule has 0 bridgehead atoms. The molecule has 1 fully saturated rings. The molecule has 4 rings (SSSR count). The fourth-order valence-corrected chi connectivity index (χ4v) is 3.59. The van der Waals surface area contributed by atoms with Gasteiger partial charge in [0.1, 0.15) is 29.6 Å². The van der Waals surface area contributed by atoms with Crippen molar-refractivity contribution in [2.45, 2.75) is 20.5 Å². The minimum Gasteiger partial charge on any atom is -0.486 e. The van der Waals surface area contributed by atoms with Crippen molar-refractivity contribution in [2.75, 3.05) is 4.90 Å². The Morgan fingerprint density at radius 1 is 1.13 bits per heavy atom. The molecule has 0 spiro atoms. The summed E-state index contributed by atoms with van der Waals surface area (Å²) in [4.78, 5) is 14.2. The van der Waals surface area contributed by atoms with Crippen molar-refractivity contribution in [1.29, 1.82) is 0 Å². The van der Waals surface area contributed by atoms with E-state index in [1.165, 1.54) is 4.90 Å². The van der Waals surface area contributed by atoms with Gasteiger partial charge in [-0.1, -0.05) is 29.8 Å². The summed E-state index contributed by atoms with van der Waals surface area (Å²) in [6.07, 6.45) is 1.64. The molecule has 152 valence electrons. The van der Waals surface area contributed by atoms with Crippen molar-refractivity contribution in [3.05, 3.63) is 88.0 Å². The molecule has 1 aromatic heterocycles. The zero-order chi connectivity index (χ0) is 21.3. The Bertz CT molecular complexity index is 1130. The Kier molecular flexibility index (Phi) is 5.61. The highest BCUT2D eigenvalue weighted by molar-refractivity contribution is 7.80. The van der Waals surface area contributed by atoms with E-state index in [9.17, 15) is 4.79 Å². The largest absolute Gasteiger partial charge is 0.486 e. The number of nitrogens with one attached hydrogen (secondary N) is 1. The molecule has 1 aliphatic rings. The first kappa shape index (κ1) is 20.2. The summed E-state index contributed by atoms with van der Waals surface area (Å²) in [5.74, 6) is 1.67. The van der Waals surface area contributed by atoms with Gasteiger partial charge in [-0.3, -0.25) is 9.69 Å². The maximum absolute atomic E-state index is 12.8. The second-order valence-corrected chi connectivity index (χ2v) is 7.69. The zero-order valence-electron chi connectivity index (χ0n) is 16.4. The van der Waals surface area contributed by atoms with Crippen LogP contribution in [-0.2, 0) is 11.4 Å². The SMILES string of the molecule is Cc1cc(OCc2ccc(/C=C3/NC(=S)N(c4ccccc4)C3=O)o2)cc(C)c1Cl. The average Bonchev–Trinajstić information content (AvgIpc) is 3.29. The lowest BCUT2D eigenvalue weighted by Gasteiger charge is -2.13. The number of halogens is 1. The van der Waals surface area contributed by atoms with Crippen LogP contribution in [0.2, 0.25) is 5.02 Å². The van der Waals surface area contributed by atoms with Gasteiger partial charge in [-0.25, -0.2) is 0 Å². The molecule has 3 aromatic rings. The highest BCUT2D eigenvalue weighted by Gasteiger charge is 2.32. The van der Waals surface area contributed by atoms with Crippen LogP contribution in [0, 0.1) is 13.8 Å². The van der Waals surface area contributed by atoms with Gasteiger partial charge in [0.2, 0.25) is 0 Å². The van der Waals surface area contributed by atoms with E-state index in [2.05, 4.69) is 5.32 Å². The van der Waals surface area contributed by atoms with E-state index in [1.807, 2.05) is 62.4 Å². The van der Waals surface area contributed by atoms with Crippen LogP contribution in [-0.4, -0.2) is 11.0 Å². The van der Waals surface area contributed by atoms with Crippen LogP contribution in [0.3, 0.4) is 0 Å². The maximum Gasteiger partial charge on any atom is 0.281 e. The molecular weight excluding hydrogens is 420 g/mol. The number of nitrogens with zero attached hydrogens (tertiary/aromatic N) is 1. The normalized spacial score (nSPS) is 15.0. The molecule has 30 heavy (non-hydrogen) atoms. The van der Waals surface area contributed by atoms with Gasteiger partial charge in [0, 0.05) is 11.1 Å². The van der Waals surface area contributed by atoms with E-state index in [1.54, 1.807) is 12.1 Å². The molecule has 5 nitrogen and oxygen atoms in total. The molecule has 7 heteroatoms. The van der Waals surface area contributed by atoms with Gasteiger partial charge in [0.25, 0.3) is 5.91 Å². The van der Waals surface area contributed by atoms with Crippen LogP contribution < -0.4 is 15.0 Å². The number of amides is 1. The first-order chi connectivity index (χ1) is 14.4. The van der Waals surface area contributed by atoms with Crippen molar-refractivity contribution in [3.8, 4) is 5.75 Å². The molecule has 2 heterocycles. The number of rotatable bonds is 5. The monoisotopic (exact) mass is 438 g/mol. The van der Waals surface area contributed by atoms with E-state index in [0.717, 1.165) is 21.9 Å². The van der Waals surface area contributed by atoms with Crippen molar-refractivity contribution in [3.63, 3.8) is 0 Å². The van der Waals surface area contributed by atoms with Crippen LogP contribution >= 0.6 is 23.8 Å². The van der Waals surface area contributed by atoms with E-state index >= 15 is 0 Å². The number of carbonyl (C=O) groups is 1. The second kappa shape index (κ2) is 8.34. The average molecular weight is 439 g/mol. The topological polar surface area (TPSA) is 54.7 Å². The molecule has 0 saturated carbocycles. The Balaban J connectivity index is 1.46. The Hall–Kier alpha value is -3.09. The predicted octanol–water partition coefficient (Wildman–Crippen LogP) is 5.39. The summed E-state index contributed by atoms with van der Waals surface area (Å²) >= 11 is 11.5. The van der Waals surface area contributed by atoms with Crippen LogP contribution in [0.4, 0.5) is 5.69 Å². The van der Waals surface area contributed by atoms with E-state index in [4.69, 9.17) is 33.0 Å². The highest BCUT2D eigenvalue weighted by Crippen LogP contribution is 2.27. The van der Waals surface area contributed by atoms with Crippen LogP contribution in [0.25, 0.3) is 6.08 Å². The van der Waals surface area contributed by atoms with Crippen molar-refractivity contribution in [2.24, 2.45) is 0 Å². The number of para-hydroxylation sites is 1. The second-order valence-electron chi connectivity index (χ2n) is 6.93. The van der Waals surface area contributed by atoms with Gasteiger partial charge < -0.3 is 14.5 Å². The number of anilines is 1. The number of thiocarbonyl (C=S) groups is 1. The molecule has 1 amide bonds. The third kappa shape index (κ3) is 4.10. The summed E-state index contributed by atoms with van der Waals surface area (Å²) in [5, 5.41) is 4.03. The number of ether oxygens (including phenoxy) is 1. The van der Waals surface area contributed by atoms with Gasteiger partial charge in [0.15, 0.2) is 5.11 Å². The number of hydrogen-bond donors (Lipinski definition) is 1. The minimum absolute atomic E-state index is 0.229. The highest BCUT2D eigenvalue weighted by atomic mass is 35.5. The van der Waals surface area contributed by atoms with Gasteiger partial charge in [-0.2, -0.15) is 0 Å². The molecule has 2 aromatic carbocycles. The van der Waals surface area contributed by atoms with Gasteiger partial charge in [-0.15, -0.1) is 0 Å². The Morgan fingerprint density at radius 2 is 1.83 bits per heavy atom. The molecule has 0 atom stereocenters. The summed E-state index contributed by atoms with van der Waals surface area (Å²) in [5.41, 5.74) is 2.99. The summed E-state index contributed by atoms with van der Waals surface area (Å²) in [6, 6.07) is 16.6. The first-order valence-electron chi connectivity index (χ1n) is 9.33. The molecule has 0 radical (unpaired) electrons.